The molecule has 0 aliphatic heterocycles. The van der Waals surface area contributed by atoms with E-state index in [0.717, 1.165) is 11.4 Å². The Morgan fingerprint density at radius 1 is 1.27 bits per heavy atom. The summed E-state index contributed by atoms with van der Waals surface area (Å²) in [5.74, 6) is 0. The molecule has 1 aromatic rings. The third-order valence-electron chi connectivity index (χ3n) is 1.18. The third kappa shape index (κ3) is 3.51. The monoisotopic (exact) mass is 195 g/mol. The molecule has 5 heteroatoms. The van der Waals surface area contributed by atoms with Gasteiger partial charge in [0.25, 0.3) is 0 Å². The van der Waals surface area contributed by atoms with Gasteiger partial charge in [-0.3, -0.25) is 9.97 Å². The maximum absolute atomic E-state index is 5.35. The van der Waals surface area contributed by atoms with Gasteiger partial charge in [-0.25, -0.2) is 0 Å². The quantitative estimate of drug-likeness (QED) is 0.731. The van der Waals surface area contributed by atoms with Gasteiger partial charge in [-0.15, -0.1) is 24.8 Å². The summed E-state index contributed by atoms with van der Waals surface area (Å²) in [6.45, 7) is 2.37. The molecule has 0 radical (unpaired) electrons. The van der Waals surface area contributed by atoms with Crippen molar-refractivity contribution in [3.05, 3.63) is 23.8 Å². The molecular formula is C6H11Cl2N3. The number of halogens is 2. The molecule has 2 N–H and O–H groups in total. The second-order valence-corrected chi connectivity index (χ2v) is 1.79. The highest BCUT2D eigenvalue weighted by molar-refractivity contribution is 5.85. The van der Waals surface area contributed by atoms with E-state index < -0.39 is 0 Å². The average molecular weight is 196 g/mol. The number of aryl methyl sites for hydroxylation is 1. The van der Waals surface area contributed by atoms with Crippen LogP contribution < -0.4 is 5.73 Å². The summed E-state index contributed by atoms with van der Waals surface area (Å²) in [4.78, 5) is 8.02. The van der Waals surface area contributed by atoms with Crippen molar-refractivity contribution in [2.45, 2.75) is 13.5 Å². The van der Waals surface area contributed by atoms with Gasteiger partial charge in [0.05, 0.1) is 11.4 Å². The summed E-state index contributed by atoms with van der Waals surface area (Å²) in [6.07, 6.45) is 3.31. The molecule has 1 aromatic heterocycles. The fraction of sp³-hybridized carbons (Fsp3) is 0.333. The Morgan fingerprint density at radius 3 is 2.18 bits per heavy atom. The van der Waals surface area contributed by atoms with E-state index >= 15 is 0 Å². The van der Waals surface area contributed by atoms with E-state index in [0.29, 0.717) is 6.54 Å². The molecule has 0 amide bonds. The Morgan fingerprint density at radius 2 is 1.82 bits per heavy atom. The minimum Gasteiger partial charge on any atom is -0.325 e. The second-order valence-electron chi connectivity index (χ2n) is 1.79. The lowest BCUT2D eigenvalue weighted by atomic mass is 10.3. The largest absolute Gasteiger partial charge is 0.325 e. The van der Waals surface area contributed by atoms with Crippen LogP contribution in [0.25, 0.3) is 0 Å². The molecule has 0 saturated heterocycles. The van der Waals surface area contributed by atoms with Crippen LogP contribution in [0, 0.1) is 6.92 Å². The van der Waals surface area contributed by atoms with Gasteiger partial charge >= 0.3 is 0 Å². The SMILES string of the molecule is Cc1nccnc1CN.Cl.Cl. The van der Waals surface area contributed by atoms with E-state index in [-0.39, 0.29) is 24.8 Å². The van der Waals surface area contributed by atoms with Crippen molar-refractivity contribution in [3.8, 4) is 0 Å². The smallest absolute Gasteiger partial charge is 0.0751 e. The predicted molar refractivity (Wildman–Crippen MR) is 49.2 cm³/mol. The first-order chi connectivity index (χ1) is 4.34. The van der Waals surface area contributed by atoms with Gasteiger partial charge in [0.1, 0.15) is 0 Å². The molecule has 0 atom stereocenters. The van der Waals surface area contributed by atoms with Crippen LogP contribution in [-0.2, 0) is 6.54 Å². The summed E-state index contributed by atoms with van der Waals surface area (Å²) in [5, 5.41) is 0. The molecule has 0 aliphatic rings. The molecule has 64 valence electrons. The Balaban J connectivity index is 0. The molecule has 0 bridgehead atoms. The van der Waals surface area contributed by atoms with Crippen molar-refractivity contribution in [3.63, 3.8) is 0 Å². The molecule has 0 aromatic carbocycles. The molecule has 0 unspecified atom stereocenters. The number of hydrogen-bond acceptors (Lipinski definition) is 3. The van der Waals surface area contributed by atoms with Crippen molar-refractivity contribution in [1.29, 1.82) is 0 Å². The van der Waals surface area contributed by atoms with Crippen molar-refractivity contribution < 1.29 is 0 Å². The van der Waals surface area contributed by atoms with E-state index in [1.807, 2.05) is 6.92 Å². The van der Waals surface area contributed by atoms with Crippen LogP contribution in [0.1, 0.15) is 11.4 Å². The van der Waals surface area contributed by atoms with Gasteiger partial charge in [0.2, 0.25) is 0 Å². The van der Waals surface area contributed by atoms with Crippen LogP contribution in [0.2, 0.25) is 0 Å². The van der Waals surface area contributed by atoms with Crippen LogP contribution in [0.4, 0.5) is 0 Å². The zero-order valence-corrected chi connectivity index (χ0v) is 7.78. The van der Waals surface area contributed by atoms with E-state index in [1.165, 1.54) is 0 Å². The summed E-state index contributed by atoms with van der Waals surface area (Å²) < 4.78 is 0. The number of hydrogen-bond donors (Lipinski definition) is 1. The first-order valence-corrected chi connectivity index (χ1v) is 2.81. The average Bonchev–Trinajstić information content (AvgIpc) is 1.89. The molecule has 3 nitrogen and oxygen atoms in total. The normalized spacial score (nSPS) is 7.82. The van der Waals surface area contributed by atoms with E-state index in [2.05, 4.69) is 9.97 Å². The predicted octanol–water partition coefficient (Wildman–Crippen LogP) is 1.09. The van der Waals surface area contributed by atoms with Crippen molar-refractivity contribution in [2.75, 3.05) is 0 Å². The fourth-order valence-corrected chi connectivity index (χ4v) is 0.637. The van der Waals surface area contributed by atoms with Crippen molar-refractivity contribution >= 4 is 24.8 Å². The molecule has 1 heterocycles. The molecule has 0 saturated carbocycles. The zero-order chi connectivity index (χ0) is 6.69. The van der Waals surface area contributed by atoms with E-state index in [9.17, 15) is 0 Å². The number of rotatable bonds is 1. The van der Waals surface area contributed by atoms with Crippen molar-refractivity contribution in [2.24, 2.45) is 5.73 Å². The molecule has 0 aliphatic carbocycles. The van der Waals surface area contributed by atoms with Crippen LogP contribution in [0.15, 0.2) is 12.4 Å². The summed E-state index contributed by atoms with van der Waals surface area (Å²) >= 11 is 0. The van der Waals surface area contributed by atoms with E-state index in [4.69, 9.17) is 5.73 Å². The molecule has 11 heavy (non-hydrogen) atoms. The third-order valence-corrected chi connectivity index (χ3v) is 1.18. The topological polar surface area (TPSA) is 51.8 Å². The van der Waals surface area contributed by atoms with Gasteiger partial charge in [0, 0.05) is 18.9 Å². The lowest BCUT2D eigenvalue weighted by molar-refractivity contribution is 0.929. The van der Waals surface area contributed by atoms with Gasteiger partial charge < -0.3 is 5.73 Å². The molecular weight excluding hydrogens is 185 g/mol. The van der Waals surface area contributed by atoms with Crippen LogP contribution in [0.5, 0.6) is 0 Å². The lowest BCUT2D eigenvalue weighted by Gasteiger charge is -1.96. The molecule has 1 rings (SSSR count). The zero-order valence-electron chi connectivity index (χ0n) is 6.15. The Kier molecular flexibility index (Phi) is 7.62. The van der Waals surface area contributed by atoms with Gasteiger partial charge in [0.15, 0.2) is 0 Å². The number of aromatic nitrogens is 2. The maximum Gasteiger partial charge on any atom is 0.0751 e. The van der Waals surface area contributed by atoms with Crippen LogP contribution >= 0.6 is 24.8 Å². The highest BCUT2D eigenvalue weighted by Gasteiger charge is 1.93. The van der Waals surface area contributed by atoms with E-state index in [1.54, 1.807) is 12.4 Å². The lowest BCUT2D eigenvalue weighted by Crippen LogP contribution is -2.02. The standard InChI is InChI=1S/C6H9N3.2ClH/c1-5-6(4-7)9-3-2-8-5;;/h2-3H,4,7H2,1H3;2*1H. The Hall–Kier alpha value is -0.380. The van der Waals surface area contributed by atoms with Crippen molar-refractivity contribution in [1.82, 2.24) is 9.97 Å². The minimum absolute atomic E-state index is 0. The molecule has 0 spiro atoms. The highest BCUT2D eigenvalue weighted by Crippen LogP contribution is 1.95. The summed E-state index contributed by atoms with van der Waals surface area (Å²) in [7, 11) is 0. The van der Waals surface area contributed by atoms with Gasteiger partial charge in [-0.05, 0) is 6.92 Å². The second kappa shape index (κ2) is 6.34. The first kappa shape index (κ1) is 13.2. The fourth-order valence-electron chi connectivity index (χ4n) is 0.637. The van der Waals surface area contributed by atoms with Gasteiger partial charge in [-0.2, -0.15) is 0 Å². The summed E-state index contributed by atoms with van der Waals surface area (Å²) in [5.41, 5.74) is 7.14. The first-order valence-electron chi connectivity index (χ1n) is 2.81. The van der Waals surface area contributed by atoms with Crippen LogP contribution in [-0.4, -0.2) is 9.97 Å². The number of nitrogens with zero attached hydrogens (tertiary/aromatic N) is 2. The Bertz CT molecular complexity index is 205. The van der Waals surface area contributed by atoms with Crippen LogP contribution in [0.3, 0.4) is 0 Å². The highest BCUT2D eigenvalue weighted by atomic mass is 35.5. The van der Waals surface area contributed by atoms with Gasteiger partial charge in [-0.1, -0.05) is 0 Å². The Labute approximate surface area is 78.2 Å². The maximum atomic E-state index is 5.35. The minimum atomic E-state index is 0. The summed E-state index contributed by atoms with van der Waals surface area (Å²) in [6, 6.07) is 0. The number of nitrogens with two attached hydrogens (primary N) is 1. The molecule has 0 fully saturated rings.